The molecule has 2 aliphatic rings. The minimum Gasteiger partial charge on any atom is -0.393 e. The number of halogens is 1. The standard InChI is InChI=1S/C7H11BrO/c8-7-4-2-1-3-5(9)6(4)7/h4-7,9H,1-3H2/t4-,5+,6-,7-/m0/s1. The fourth-order valence-corrected chi connectivity index (χ4v) is 3.15. The summed E-state index contributed by atoms with van der Waals surface area (Å²) in [4.78, 5) is 0.648. The van der Waals surface area contributed by atoms with Crippen molar-refractivity contribution in [1.82, 2.24) is 0 Å². The molecule has 0 saturated heterocycles. The van der Waals surface area contributed by atoms with Crippen LogP contribution in [-0.2, 0) is 0 Å². The summed E-state index contributed by atoms with van der Waals surface area (Å²) < 4.78 is 0. The monoisotopic (exact) mass is 190 g/mol. The van der Waals surface area contributed by atoms with Gasteiger partial charge in [-0.3, -0.25) is 0 Å². The lowest BCUT2D eigenvalue weighted by Gasteiger charge is -2.13. The summed E-state index contributed by atoms with van der Waals surface area (Å²) in [7, 11) is 0. The number of aliphatic hydroxyl groups is 1. The van der Waals surface area contributed by atoms with Crippen LogP contribution in [0.3, 0.4) is 0 Å². The molecule has 0 aliphatic heterocycles. The average molecular weight is 191 g/mol. The van der Waals surface area contributed by atoms with Crippen LogP contribution in [0.4, 0.5) is 0 Å². The maximum absolute atomic E-state index is 9.36. The molecule has 0 unspecified atom stereocenters. The predicted molar refractivity (Wildman–Crippen MR) is 39.6 cm³/mol. The van der Waals surface area contributed by atoms with Crippen molar-refractivity contribution in [1.29, 1.82) is 0 Å². The Labute approximate surface area is 63.6 Å². The lowest BCUT2D eigenvalue weighted by atomic mass is 9.98. The summed E-state index contributed by atoms with van der Waals surface area (Å²) >= 11 is 3.56. The van der Waals surface area contributed by atoms with Crippen molar-refractivity contribution in [2.75, 3.05) is 0 Å². The van der Waals surface area contributed by atoms with Gasteiger partial charge in [0.2, 0.25) is 0 Å². The van der Waals surface area contributed by atoms with Crippen LogP contribution in [0.15, 0.2) is 0 Å². The molecule has 1 nitrogen and oxygen atoms in total. The van der Waals surface area contributed by atoms with Gasteiger partial charge in [0, 0.05) is 10.7 Å². The van der Waals surface area contributed by atoms with Crippen molar-refractivity contribution < 1.29 is 5.11 Å². The van der Waals surface area contributed by atoms with Crippen LogP contribution in [0.1, 0.15) is 19.3 Å². The molecule has 2 fully saturated rings. The maximum atomic E-state index is 9.36. The summed E-state index contributed by atoms with van der Waals surface area (Å²) in [5.74, 6) is 1.42. The van der Waals surface area contributed by atoms with Crippen LogP contribution in [0, 0.1) is 11.8 Å². The molecule has 0 heterocycles. The SMILES string of the molecule is O[C@@H]1CCC[C@@H]2[C@H](Br)[C@@H]21. The second-order valence-corrected chi connectivity index (χ2v) is 4.24. The molecule has 2 rings (SSSR count). The fraction of sp³-hybridized carbons (Fsp3) is 1.00. The van der Waals surface area contributed by atoms with E-state index >= 15 is 0 Å². The molecule has 52 valence electrons. The molecule has 2 aliphatic carbocycles. The van der Waals surface area contributed by atoms with E-state index < -0.39 is 0 Å². The first-order valence-electron chi connectivity index (χ1n) is 3.63. The highest BCUT2D eigenvalue weighted by atomic mass is 79.9. The first-order valence-corrected chi connectivity index (χ1v) is 4.54. The van der Waals surface area contributed by atoms with E-state index in [1.54, 1.807) is 0 Å². The van der Waals surface area contributed by atoms with Gasteiger partial charge in [0.05, 0.1) is 6.10 Å². The van der Waals surface area contributed by atoms with E-state index in [9.17, 15) is 5.11 Å². The second kappa shape index (κ2) is 1.96. The molecule has 9 heavy (non-hydrogen) atoms. The van der Waals surface area contributed by atoms with Gasteiger partial charge < -0.3 is 5.11 Å². The van der Waals surface area contributed by atoms with Crippen molar-refractivity contribution in [3.8, 4) is 0 Å². The molecule has 0 bridgehead atoms. The molecular weight excluding hydrogens is 180 g/mol. The lowest BCUT2D eigenvalue weighted by molar-refractivity contribution is 0.116. The number of rotatable bonds is 0. The Morgan fingerprint density at radius 3 is 2.67 bits per heavy atom. The Morgan fingerprint density at radius 1 is 1.33 bits per heavy atom. The van der Waals surface area contributed by atoms with Gasteiger partial charge in [0.25, 0.3) is 0 Å². The highest BCUT2D eigenvalue weighted by molar-refractivity contribution is 9.09. The van der Waals surface area contributed by atoms with Crippen molar-refractivity contribution in [2.24, 2.45) is 11.8 Å². The zero-order valence-electron chi connectivity index (χ0n) is 5.26. The highest BCUT2D eigenvalue weighted by Crippen LogP contribution is 2.54. The Morgan fingerprint density at radius 2 is 2.11 bits per heavy atom. The number of alkyl halides is 1. The fourth-order valence-electron chi connectivity index (χ4n) is 1.96. The Bertz CT molecular complexity index is 120. The molecule has 0 amide bonds. The molecule has 1 N–H and O–H groups in total. The quantitative estimate of drug-likeness (QED) is 0.576. The first-order chi connectivity index (χ1) is 4.30. The highest BCUT2D eigenvalue weighted by Gasteiger charge is 2.53. The number of fused-ring (bicyclic) bond motifs is 1. The first kappa shape index (κ1) is 6.17. The number of aliphatic hydroxyl groups excluding tert-OH is 1. The van der Waals surface area contributed by atoms with E-state index in [1.807, 2.05) is 0 Å². The third kappa shape index (κ3) is 0.838. The van der Waals surface area contributed by atoms with E-state index in [-0.39, 0.29) is 6.10 Å². The van der Waals surface area contributed by atoms with Crippen molar-refractivity contribution >= 4 is 15.9 Å². The molecule has 0 radical (unpaired) electrons. The molecule has 2 saturated carbocycles. The van der Waals surface area contributed by atoms with Crippen LogP contribution in [0.25, 0.3) is 0 Å². The van der Waals surface area contributed by atoms with Crippen molar-refractivity contribution in [3.63, 3.8) is 0 Å². The van der Waals surface area contributed by atoms with Crippen molar-refractivity contribution in [2.45, 2.75) is 30.2 Å². The topological polar surface area (TPSA) is 20.2 Å². The number of hydrogen-bond donors (Lipinski definition) is 1. The van der Waals surface area contributed by atoms with Gasteiger partial charge in [-0.05, 0) is 18.8 Å². The molecule has 0 spiro atoms. The normalized spacial score (nSPS) is 56.7. The maximum Gasteiger partial charge on any atom is 0.0582 e. The second-order valence-electron chi connectivity index (χ2n) is 3.18. The van der Waals surface area contributed by atoms with Gasteiger partial charge in [-0.1, -0.05) is 22.4 Å². The van der Waals surface area contributed by atoms with Gasteiger partial charge in [-0.2, -0.15) is 0 Å². The predicted octanol–water partition coefficient (Wildman–Crippen LogP) is 1.54. The van der Waals surface area contributed by atoms with Crippen LogP contribution in [-0.4, -0.2) is 16.0 Å². The summed E-state index contributed by atoms with van der Waals surface area (Å²) in [6, 6.07) is 0. The molecular formula is C7H11BrO. The molecule has 2 heteroatoms. The smallest absolute Gasteiger partial charge is 0.0582 e. The third-order valence-electron chi connectivity index (χ3n) is 2.61. The Balaban J connectivity index is 2.02. The minimum atomic E-state index is 0.00752. The van der Waals surface area contributed by atoms with Crippen LogP contribution in [0.5, 0.6) is 0 Å². The molecule has 0 aromatic rings. The summed E-state index contributed by atoms with van der Waals surface area (Å²) in [6.07, 6.45) is 3.60. The Kier molecular flexibility index (Phi) is 1.34. The van der Waals surface area contributed by atoms with Gasteiger partial charge in [0.15, 0.2) is 0 Å². The molecule has 0 aromatic carbocycles. The van der Waals surface area contributed by atoms with Gasteiger partial charge in [0.1, 0.15) is 0 Å². The van der Waals surface area contributed by atoms with Crippen molar-refractivity contribution in [3.05, 3.63) is 0 Å². The van der Waals surface area contributed by atoms with Crippen LogP contribution in [0.2, 0.25) is 0 Å². The minimum absolute atomic E-state index is 0.00752. The lowest BCUT2D eigenvalue weighted by Crippen LogP contribution is -2.14. The average Bonchev–Trinajstić information content (AvgIpc) is 2.45. The number of hydrogen-bond acceptors (Lipinski definition) is 1. The van der Waals surface area contributed by atoms with E-state index in [4.69, 9.17) is 0 Å². The molecule has 4 atom stereocenters. The zero-order chi connectivity index (χ0) is 6.43. The summed E-state index contributed by atoms with van der Waals surface area (Å²) in [6.45, 7) is 0. The summed E-state index contributed by atoms with van der Waals surface area (Å²) in [5, 5.41) is 9.36. The van der Waals surface area contributed by atoms with Gasteiger partial charge in [-0.15, -0.1) is 0 Å². The zero-order valence-corrected chi connectivity index (χ0v) is 6.84. The Hall–Kier alpha value is 0.440. The summed E-state index contributed by atoms with van der Waals surface area (Å²) in [5.41, 5.74) is 0. The van der Waals surface area contributed by atoms with Gasteiger partial charge in [-0.25, -0.2) is 0 Å². The van der Waals surface area contributed by atoms with Crippen LogP contribution < -0.4 is 0 Å². The van der Waals surface area contributed by atoms with E-state index in [2.05, 4.69) is 15.9 Å². The van der Waals surface area contributed by atoms with E-state index in [1.165, 1.54) is 12.8 Å². The third-order valence-corrected chi connectivity index (χ3v) is 3.90. The van der Waals surface area contributed by atoms with Crippen LogP contribution >= 0.6 is 15.9 Å². The largest absolute Gasteiger partial charge is 0.393 e. The van der Waals surface area contributed by atoms with Gasteiger partial charge >= 0.3 is 0 Å². The van der Waals surface area contributed by atoms with E-state index in [0.717, 1.165) is 12.3 Å². The van der Waals surface area contributed by atoms with E-state index in [0.29, 0.717) is 10.7 Å². The molecule has 0 aromatic heterocycles.